The highest BCUT2D eigenvalue weighted by Crippen LogP contribution is 2.08. The zero-order chi connectivity index (χ0) is 12.3. The number of hydrogen-bond donors (Lipinski definition) is 1. The zero-order valence-electron chi connectivity index (χ0n) is 9.96. The maximum absolute atomic E-state index is 12.7. The van der Waals surface area contributed by atoms with Crippen LogP contribution in [-0.4, -0.2) is 4.98 Å². The van der Waals surface area contributed by atoms with Crippen LogP contribution in [0, 0.1) is 19.7 Å². The quantitative estimate of drug-likeness (QED) is 0.883. The Morgan fingerprint density at radius 3 is 2.47 bits per heavy atom. The van der Waals surface area contributed by atoms with Gasteiger partial charge < -0.3 is 9.73 Å². The van der Waals surface area contributed by atoms with Crippen molar-refractivity contribution in [2.75, 3.05) is 0 Å². The van der Waals surface area contributed by atoms with Gasteiger partial charge in [-0.05, 0) is 31.5 Å². The number of nitrogens with zero attached hydrogens (tertiary/aromatic N) is 1. The van der Waals surface area contributed by atoms with Crippen LogP contribution in [0.1, 0.15) is 22.9 Å². The number of halogens is 1. The summed E-state index contributed by atoms with van der Waals surface area (Å²) < 4.78 is 18.1. The summed E-state index contributed by atoms with van der Waals surface area (Å²) in [6.07, 6.45) is 0. The lowest BCUT2D eigenvalue weighted by Crippen LogP contribution is -2.12. The Balaban J connectivity index is 1.85. The highest BCUT2D eigenvalue weighted by molar-refractivity contribution is 5.15. The van der Waals surface area contributed by atoms with Crippen LogP contribution in [0.4, 0.5) is 4.39 Å². The van der Waals surface area contributed by atoms with Crippen LogP contribution >= 0.6 is 0 Å². The molecule has 0 saturated carbocycles. The number of rotatable bonds is 4. The lowest BCUT2D eigenvalue weighted by atomic mass is 10.2. The van der Waals surface area contributed by atoms with Gasteiger partial charge in [-0.2, -0.15) is 0 Å². The third kappa shape index (κ3) is 3.14. The van der Waals surface area contributed by atoms with Crippen molar-refractivity contribution in [3.63, 3.8) is 0 Å². The largest absolute Gasteiger partial charge is 0.444 e. The predicted octanol–water partition coefficient (Wildman–Crippen LogP) is 2.72. The van der Waals surface area contributed by atoms with Crippen LogP contribution in [0.3, 0.4) is 0 Å². The van der Waals surface area contributed by atoms with E-state index < -0.39 is 0 Å². The first-order valence-corrected chi connectivity index (χ1v) is 5.53. The van der Waals surface area contributed by atoms with Crippen molar-refractivity contribution in [3.05, 3.63) is 53.0 Å². The Morgan fingerprint density at radius 1 is 1.18 bits per heavy atom. The summed E-state index contributed by atoms with van der Waals surface area (Å²) >= 11 is 0. The molecule has 0 bridgehead atoms. The normalized spacial score (nSPS) is 10.8. The van der Waals surface area contributed by atoms with Crippen molar-refractivity contribution in [1.29, 1.82) is 0 Å². The molecule has 0 amide bonds. The van der Waals surface area contributed by atoms with E-state index in [0.29, 0.717) is 19.0 Å². The van der Waals surface area contributed by atoms with E-state index in [1.54, 1.807) is 12.1 Å². The van der Waals surface area contributed by atoms with E-state index >= 15 is 0 Å². The summed E-state index contributed by atoms with van der Waals surface area (Å²) in [5.74, 6) is 1.32. The molecular weight excluding hydrogens is 219 g/mol. The van der Waals surface area contributed by atoms with Crippen LogP contribution in [0.5, 0.6) is 0 Å². The summed E-state index contributed by atoms with van der Waals surface area (Å²) in [5.41, 5.74) is 1.95. The summed E-state index contributed by atoms with van der Waals surface area (Å²) in [6, 6.07) is 6.43. The summed E-state index contributed by atoms with van der Waals surface area (Å²) in [6.45, 7) is 5.06. The van der Waals surface area contributed by atoms with E-state index in [4.69, 9.17) is 4.42 Å². The lowest BCUT2D eigenvalue weighted by Gasteiger charge is -2.02. The minimum Gasteiger partial charge on any atom is -0.444 e. The standard InChI is InChI=1S/C13H15FN2O/c1-9-10(2)17-13(16-9)8-15-7-11-3-5-12(14)6-4-11/h3-6,15H,7-8H2,1-2H3. The Hall–Kier alpha value is -1.68. The van der Waals surface area contributed by atoms with Gasteiger partial charge in [0.25, 0.3) is 0 Å². The maximum atomic E-state index is 12.7. The van der Waals surface area contributed by atoms with Crippen molar-refractivity contribution >= 4 is 0 Å². The van der Waals surface area contributed by atoms with Crippen LogP contribution in [0.25, 0.3) is 0 Å². The monoisotopic (exact) mass is 234 g/mol. The SMILES string of the molecule is Cc1nc(CNCc2ccc(F)cc2)oc1C. The predicted molar refractivity (Wildman–Crippen MR) is 62.9 cm³/mol. The van der Waals surface area contributed by atoms with Gasteiger partial charge in [-0.3, -0.25) is 0 Å². The molecule has 0 atom stereocenters. The highest BCUT2D eigenvalue weighted by Gasteiger charge is 2.04. The molecule has 1 N–H and O–H groups in total. The van der Waals surface area contributed by atoms with E-state index in [1.165, 1.54) is 12.1 Å². The Kier molecular flexibility index (Phi) is 3.54. The smallest absolute Gasteiger partial charge is 0.208 e. The highest BCUT2D eigenvalue weighted by atomic mass is 19.1. The molecule has 3 nitrogen and oxygen atoms in total. The average molecular weight is 234 g/mol. The molecule has 1 heterocycles. The molecule has 1 aromatic heterocycles. The second-order valence-electron chi connectivity index (χ2n) is 3.98. The van der Waals surface area contributed by atoms with Gasteiger partial charge >= 0.3 is 0 Å². The third-order valence-electron chi connectivity index (χ3n) is 2.59. The first-order chi connectivity index (χ1) is 8.15. The van der Waals surface area contributed by atoms with Gasteiger partial charge in [0, 0.05) is 6.54 Å². The molecule has 0 radical (unpaired) electrons. The second kappa shape index (κ2) is 5.10. The molecule has 0 spiro atoms. The van der Waals surface area contributed by atoms with E-state index in [1.807, 2.05) is 13.8 Å². The van der Waals surface area contributed by atoms with E-state index in [-0.39, 0.29) is 5.82 Å². The molecule has 0 aliphatic rings. The molecule has 90 valence electrons. The van der Waals surface area contributed by atoms with Crippen LogP contribution in [0.15, 0.2) is 28.7 Å². The molecule has 1 aromatic carbocycles. The first kappa shape index (κ1) is 11.8. The molecule has 0 unspecified atom stereocenters. The van der Waals surface area contributed by atoms with E-state index in [9.17, 15) is 4.39 Å². The Bertz CT molecular complexity index is 471. The molecule has 0 fully saturated rings. The molecule has 4 heteroatoms. The van der Waals surface area contributed by atoms with Crippen molar-refractivity contribution < 1.29 is 8.81 Å². The minimum atomic E-state index is -0.215. The summed E-state index contributed by atoms with van der Waals surface area (Å²) in [5, 5.41) is 3.20. The molecule has 17 heavy (non-hydrogen) atoms. The van der Waals surface area contributed by atoms with Crippen LogP contribution in [-0.2, 0) is 13.1 Å². The maximum Gasteiger partial charge on any atom is 0.208 e. The number of nitrogens with one attached hydrogen (secondary N) is 1. The Morgan fingerprint density at radius 2 is 1.88 bits per heavy atom. The van der Waals surface area contributed by atoms with Gasteiger partial charge in [-0.25, -0.2) is 9.37 Å². The summed E-state index contributed by atoms with van der Waals surface area (Å²) in [7, 11) is 0. The number of aryl methyl sites for hydroxylation is 2. The minimum absolute atomic E-state index is 0.215. The van der Waals surface area contributed by atoms with Crippen molar-refractivity contribution in [2.24, 2.45) is 0 Å². The van der Waals surface area contributed by atoms with Gasteiger partial charge in [0.15, 0.2) is 0 Å². The number of oxazole rings is 1. The molecule has 2 aromatic rings. The van der Waals surface area contributed by atoms with Gasteiger partial charge in [0.05, 0.1) is 12.2 Å². The topological polar surface area (TPSA) is 38.1 Å². The molecule has 0 saturated heterocycles. The van der Waals surface area contributed by atoms with E-state index in [2.05, 4.69) is 10.3 Å². The fraction of sp³-hybridized carbons (Fsp3) is 0.308. The van der Waals surface area contributed by atoms with E-state index in [0.717, 1.165) is 17.0 Å². The average Bonchev–Trinajstić information content (AvgIpc) is 2.61. The summed E-state index contributed by atoms with van der Waals surface area (Å²) in [4.78, 5) is 4.27. The zero-order valence-corrected chi connectivity index (χ0v) is 9.96. The molecule has 0 aliphatic heterocycles. The third-order valence-corrected chi connectivity index (χ3v) is 2.59. The second-order valence-corrected chi connectivity index (χ2v) is 3.98. The fourth-order valence-corrected chi connectivity index (χ4v) is 1.53. The molecule has 2 rings (SSSR count). The van der Waals surface area contributed by atoms with Crippen LogP contribution in [0.2, 0.25) is 0 Å². The van der Waals surface area contributed by atoms with Crippen molar-refractivity contribution in [1.82, 2.24) is 10.3 Å². The fourth-order valence-electron chi connectivity index (χ4n) is 1.53. The van der Waals surface area contributed by atoms with Crippen molar-refractivity contribution in [2.45, 2.75) is 26.9 Å². The van der Waals surface area contributed by atoms with Gasteiger partial charge in [-0.15, -0.1) is 0 Å². The number of benzene rings is 1. The van der Waals surface area contributed by atoms with Gasteiger partial charge in [-0.1, -0.05) is 12.1 Å². The number of hydrogen-bond acceptors (Lipinski definition) is 3. The molecule has 0 aliphatic carbocycles. The molecular formula is C13H15FN2O. The van der Waals surface area contributed by atoms with Crippen molar-refractivity contribution in [3.8, 4) is 0 Å². The lowest BCUT2D eigenvalue weighted by molar-refractivity contribution is 0.448. The van der Waals surface area contributed by atoms with Gasteiger partial charge in [0.2, 0.25) is 5.89 Å². The van der Waals surface area contributed by atoms with Crippen LogP contribution < -0.4 is 5.32 Å². The Labute approximate surface area is 99.7 Å². The number of aromatic nitrogens is 1. The first-order valence-electron chi connectivity index (χ1n) is 5.53. The van der Waals surface area contributed by atoms with Gasteiger partial charge in [0.1, 0.15) is 11.6 Å².